The zero-order valence-corrected chi connectivity index (χ0v) is 16.4. The minimum Gasteiger partial charge on any atom is -0.324 e. The summed E-state index contributed by atoms with van der Waals surface area (Å²) >= 11 is 0. The summed E-state index contributed by atoms with van der Waals surface area (Å²) in [6.45, 7) is 0.0504. The molecule has 0 radical (unpaired) electrons. The lowest BCUT2D eigenvalue weighted by Gasteiger charge is -2.22. The third kappa shape index (κ3) is 5.17. The molecule has 1 aliphatic rings. The summed E-state index contributed by atoms with van der Waals surface area (Å²) in [5.41, 5.74) is 1.43. The molecular weight excluding hydrogens is 378 g/mol. The molecule has 0 aromatic heterocycles. The first-order chi connectivity index (χ1) is 13.3. The van der Waals surface area contributed by atoms with Crippen LogP contribution >= 0.6 is 0 Å². The van der Waals surface area contributed by atoms with Gasteiger partial charge in [-0.1, -0.05) is 30.3 Å². The fraction of sp³-hybridized carbons (Fsp3) is 0.300. The van der Waals surface area contributed by atoms with Crippen molar-refractivity contribution < 1.29 is 18.0 Å². The molecule has 1 aliphatic heterocycles. The van der Waals surface area contributed by atoms with Gasteiger partial charge in [-0.3, -0.25) is 14.5 Å². The molecular formula is C20H23N3O4S. The van der Waals surface area contributed by atoms with E-state index < -0.39 is 9.84 Å². The van der Waals surface area contributed by atoms with Crippen molar-refractivity contribution in [1.29, 1.82) is 0 Å². The molecule has 1 heterocycles. The van der Waals surface area contributed by atoms with E-state index in [2.05, 4.69) is 10.6 Å². The second kappa shape index (κ2) is 8.53. The van der Waals surface area contributed by atoms with Crippen molar-refractivity contribution in [3.63, 3.8) is 0 Å². The Kier molecular flexibility index (Phi) is 6.11. The average molecular weight is 401 g/mol. The minimum atomic E-state index is -3.01. The van der Waals surface area contributed by atoms with E-state index in [4.69, 9.17) is 0 Å². The minimum absolute atomic E-state index is 0.0504. The van der Waals surface area contributed by atoms with Crippen molar-refractivity contribution in [3.05, 3.63) is 60.2 Å². The number of hydrogen-bond acceptors (Lipinski definition) is 5. The van der Waals surface area contributed by atoms with Gasteiger partial charge in [0.1, 0.15) is 0 Å². The van der Waals surface area contributed by atoms with Crippen LogP contribution in [0.4, 0.5) is 11.4 Å². The Labute approximate surface area is 164 Å². The monoisotopic (exact) mass is 401 g/mol. The van der Waals surface area contributed by atoms with Crippen LogP contribution < -0.4 is 10.6 Å². The zero-order chi connectivity index (χ0) is 20.1. The Morgan fingerprint density at radius 3 is 2.39 bits per heavy atom. The van der Waals surface area contributed by atoms with E-state index in [0.717, 1.165) is 0 Å². The first-order valence-corrected chi connectivity index (χ1v) is 10.8. The number of anilines is 2. The predicted molar refractivity (Wildman–Crippen MR) is 109 cm³/mol. The third-order valence-electron chi connectivity index (χ3n) is 4.70. The first kappa shape index (κ1) is 20.0. The normalized spacial score (nSPS) is 18.0. The lowest BCUT2D eigenvalue weighted by Crippen LogP contribution is -2.38. The maximum absolute atomic E-state index is 12.6. The van der Waals surface area contributed by atoms with Crippen LogP contribution in [0.2, 0.25) is 0 Å². The molecule has 0 saturated carbocycles. The number of carbonyl (C=O) groups is 2. The van der Waals surface area contributed by atoms with E-state index in [-0.39, 0.29) is 35.9 Å². The summed E-state index contributed by atoms with van der Waals surface area (Å²) in [5.74, 6) is -0.386. The maximum atomic E-state index is 12.6. The quantitative estimate of drug-likeness (QED) is 0.772. The van der Waals surface area contributed by atoms with E-state index in [1.165, 1.54) is 0 Å². The topological polar surface area (TPSA) is 95.6 Å². The molecule has 7 nitrogen and oxygen atoms in total. The number of nitrogens with zero attached hydrogens (tertiary/aromatic N) is 1. The standard InChI is InChI=1S/C20H23N3O4S/c1-23(16-11-12-28(26,27)14-16)13-19(24)22-18-10-6-5-9-17(18)20(25)21-15-7-3-2-4-8-15/h2-10,16H,11-14H2,1H3,(H,21,25)(H,22,24). The van der Waals surface area contributed by atoms with Crippen molar-refractivity contribution in [2.45, 2.75) is 12.5 Å². The van der Waals surface area contributed by atoms with Gasteiger partial charge in [0.15, 0.2) is 9.84 Å². The highest BCUT2D eigenvalue weighted by molar-refractivity contribution is 7.91. The van der Waals surface area contributed by atoms with Crippen molar-refractivity contribution in [1.82, 2.24) is 4.90 Å². The molecule has 0 spiro atoms. The number of likely N-dealkylation sites (N-methyl/N-ethyl adjacent to an activating group) is 1. The molecule has 0 aliphatic carbocycles. The molecule has 0 bridgehead atoms. The van der Waals surface area contributed by atoms with Gasteiger partial charge >= 0.3 is 0 Å². The SMILES string of the molecule is CN(CC(=O)Nc1ccccc1C(=O)Nc1ccccc1)C1CCS(=O)(=O)C1. The number of rotatable bonds is 6. The number of amides is 2. The number of carbonyl (C=O) groups excluding carboxylic acids is 2. The highest BCUT2D eigenvalue weighted by Gasteiger charge is 2.31. The predicted octanol–water partition coefficient (Wildman–Crippen LogP) is 2.00. The highest BCUT2D eigenvalue weighted by atomic mass is 32.2. The summed E-state index contributed by atoms with van der Waals surface area (Å²) in [4.78, 5) is 26.8. The summed E-state index contributed by atoms with van der Waals surface area (Å²) < 4.78 is 23.2. The second-order valence-electron chi connectivity index (χ2n) is 6.89. The summed E-state index contributed by atoms with van der Waals surface area (Å²) in [7, 11) is -1.27. The van der Waals surface area contributed by atoms with Crippen molar-refractivity contribution in [2.75, 3.05) is 35.7 Å². The molecule has 8 heteroatoms. The van der Waals surface area contributed by atoms with Gasteiger partial charge in [0.25, 0.3) is 5.91 Å². The van der Waals surface area contributed by atoms with Gasteiger partial charge in [-0.2, -0.15) is 0 Å². The molecule has 1 saturated heterocycles. The van der Waals surface area contributed by atoms with Crippen LogP contribution in [0.15, 0.2) is 54.6 Å². The number of para-hydroxylation sites is 2. The highest BCUT2D eigenvalue weighted by Crippen LogP contribution is 2.19. The fourth-order valence-electron chi connectivity index (χ4n) is 3.18. The summed E-state index contributed by atoms with van der Waals surface area (Å²) in [6.07, 6.45) is 0.530. The first-order valence-electron chi connectivity index (χ1n) is 9.00. The van der Waals surface area contributed by atoms with Crippen molar-refractivity contribution in [3.8, 4) is 0 Å². The van der Waals surface area contributed by atoms with Crippen molar-refractivity contribution in [2.24, 2.45) is 0 Å². The molecule has 1 atom stereocenters. The second-order valence-corrected chi connectivity index (χ2v) is 9.11. The molecule has 1 fully saturated rings. The van der Waals surface area contributed by atoms with Crippen LogP contribution in [0.25, 0.3) is 0 Å². The molecule has 3 rings (SSSR count). The van der Waals surface area contributed by atoms with Gasteiger partial charge in [-0.15, -0.1) is 0 Å². The lowest BCUT2D eigenvalue weighted by atomic mass is 10.1. The Morgan fingerprint density at radius 1 is 1.04 bits per heavy atom. The van der Waals surface area contributed by atoms with Crippen molar-refractivity contribution >= 4 is 33.0 Å². The molecule has 2 amide bonds. The number of sulfone groups is 1. The Balaban J connectivity index is 1.64. The van der Waals surface area contributed by atoms with Gasteiger partial charge in [0.2, 0.25) is 5.91 Å². The fourth-order valence-corrected chi connectivity index (χ4v) is 4.98. The number of hydrogen-bond donors (Lipinski definition) is 2. The van der Waals surface area contributed by atoms with Crippen LogP contribution in [-0.4, -0.2) is 56.3 Å². The smallest absolute Gasteiger partial charge is 0.257 e. The van der Waals surface area contributed by atoms with Gasteiger partial charge in [0, 0.05) is 11.7 Å². The number of benzene rings is 2. The van der Waals surface area contributed by atoms with Gasteiger partial charge in [-0.25, -0.2) is 8.42 Å². The van der Waals surface area contributed by atoms with E-state index in [0.29, 0.717) is 23.4 Å². The molecule has 28 heavy (non-hydrogen) atoms. The third-order valence-corrected chi connectivity index (χ3v) is 6.45. The van der Waals surface area contributed by atoms with Crippen LogP contribution in [0, 0.1) is 0 Å². The summed E-state index contributed by atoms with van der Waals surface area (Å²) in [6, 6.07) is 15.7. The van der Waals surface area contributed by atoms with Crippen LogP contribution in [0.5, 0.6) is 0 Å². The average Bonchev–Trinajstić information content (AvgIpc) is 3.03. The van der Waals surface area contributed by atoms with E-state index in [1.807, 2.05) is 18.2 Å². The van der Waals surface area contributed by atoms with E-state index in [1.54, 1.807) is 48.3 Å². The molecule has 1 unspecified atom stereocenters. The molecule has 2 aromatic carbocycles. The van der Waals surface area contributed by atoms with Gasteiger partial charge < -0.3 is 10.6 Å². The largest absolute Gasteiger partial charge is 0.324 e. The van der Waals surface area contributed by atoms with Gasteiger partial charge in [0.05, 0.1) is 29.3 Å². The van der Waals surface area contributed by atoms with Gasteiger partial charge in [-0.05, 0) is 37.7 Å². The Bertz CT molecular complexity index is 960. The van der Waals surface area contributed by atoms with Crippen LogP contribution in [0.1, 0.15) is 16.8 Å². The molecule has 2 aromatic rings. The van der Waals surface area contributed by atoms with E-state index >= 15 is 0 Å². The number of nitrogens with one attached hydrogen (secondary N) is 2. The van der Waals surface area contributed by atoms with E-state index in [9.17, 15) is 18.0 Å². The summed E-state index contributed by atoms with van der Waals surface area (Å²) in [5, 5.41) is 5.56. The van der Waals surface area contributed by atoms with Crippen LogP contribution in [0.3, 0.4) is 0 Å². The van der Waals surface area contributed by atoms with Crippen LogP contribution in [-0.2, 0) is 14.6 Å². The Hall–Kier alpha value is -2.71. The Morgan fingerprint density at radius 2 is 1.71 bits per heavy atom. The maximum Gasteiger partial charge on any atom is 0.257 e. The molecule has 148 valence electrons. The lowest BCUT2D eigenvalue weighted by molar-refractivity contribution is -0.117. The molecule has 2 N–H and O–H groups in total. The zero-order valence-electron chi connectivity index (χ0n) is 15.6.